The maximum absolute atomic E-state index is 10.4. The van der Waals surface area contributed by atoms with Gasteiger partial charge in [0.2, 0.25) is 0 Å². The molecule has 1 aromatic carbocycles. The average Bonchev–Trinajstić information content (AvgIpc) is 2.70. The molecule has 2 nitrogen and oxygen atoms in total. The highest BCUT2D eigenvalue weighted by molar-refractivity contribution is 5.58. The van der Waals surface area contributed by atoms with Gasteiger partial charge in [-0.05, 0) is 116 Å². The number of allylic oxidation sites excluding steroid dienone is 4. The Kier molecular flexibility index (Phi) is 9.28. The number of fused-ring (bicyclic) bond motifs is 1. The molecule has 0 aliphatic carbocycles. The molecule has 2 heteroatoms. The molecule has 1 N–H and O–H groups in total. The van der Waals surface area contributed by atoms with Gasteiger partial charge in [0.15, 0.2) is 0 Å². The number of aromatic hydroxyl groups is 1. The quantitative estimate of drug-likeness (QED) is 0.379. The third kappa shape index (κ3) is 7.16. The van der Waals surface area contributed by atoms with Crippen molar-refractivity contribution < 1.29 is 9.84 Å². The Hall–Kier alpha value is -1.70. The third-order valence-corrected chi connectivity index (χ3v) is 7.14. The van der Waals surface area contributed by atoms with Crippen molar-refractivity contribution in [1.82, 2.24) is 0 Å². The second-order valence-corrected chi connectivity index (χ2v) is 10.5. The van der Waals surface area contributed by atoms with Crippen molar-refractivity contribution >= 4 is 0 Å². The molecule has 1 unspecified atom stereocenters. The minimum Gasteiger partial charge on any atom is -0.507 e. The zero-order valence-electron chi connectivity index (χ0n) is 21.5. The van der Waals surface area contributed by atoms with Gasteiger partial charge in [-0.1, -0.05) is 43.6 Å². The lowest BCUT2D eigenvalue weighted by molar-refractivity contribution is 0.0558. The Labute approximate surface area is 191 Å². The second-order valence-electron chi connectivity index (χ2n) is 10.5. The van der Waals surface area contributed by atoms with E-state index in [1.165, 1.54) is 30.4 Å². The van der Waals surface area contributed by atoms with E-state index < -0.39 is 0 Å². The minimum atomic E-state index is -0.128. The molecule has 0 fully saturated rings. The maximum Gasteiger partial charge on any atom is 0.127 e. The van der Waals surface area contributed by atoms with Crippen molar-refractivity contribution in [2.24, 2.45) is 5.92 Å². The van der Waals surface area contributed by atoms with Crippen LogP contribution in [0.1, 0.15) is 108 Å². The van der Waals surface area contributed by atoms with Gasteiger partial charge in [0, 0.05) is 5.56 Å². The maximum atomic E-state index is 10.4. The van der Waals surface area contributed by atoms with Gasteiger partial charge in [-0.15, -0.1) is 0 Å². The number of ether oxygens (including phenoxy) is 1. The molecule has 1 aliphatic rings. The fourth-order valence-electron chi connectivity index (χ4n) is 4.63. The topological polar surface area (TPSA) is 29.5 Å². The summed E-state index contributed by atoms with van der Waals surface area (Å²) in [6.45, 7) is 17.5. The molecule has 0 amide bonds. The Bertz CT molecular complexity index is 813. The first-order valence-electron chi connectivity index (χ1n) is 12.4. The molecule has 0 saturated carbocycles. The van der Waals surface area contributed by atoms with Crippen LogP contribution in [0.25, 0.3) is 0 Å². The molecule has 1 atom stereocenters. The Balaban J connectivity index is 1.86. The largest absolute Gasteiger partial charge is 0.507 e. The first-order chi connectivity index (χ1) is 14.5. The van der Waals surface area contributed by atoms with E-state index in [-0.39, 0.29) is 5.60 Å². The molecule has 2 rings (SSSR count). The van der Waals surface area contributed by atoms with E-state index in [1.807, 2.05) is 13.8 Å². The van der Waals surface area contributed by atoms with Gasteiger partial charge in [-0.3, -0.25) is 0 Å². The molecule has 1 aromatic rings. The van der Waals surface area contributed by atoms with E-state index in [4.69, 9.17) is 4.74 Å². The van der Waals surface area contributed by atoms with Crippen LogP contribution in [0.3, 0.4) is 0 Å². The van der Waals surface area contributed by atoms with Crippen LogP contribution in [0, 0.1) is 26.7 Å². The average molecular weight is 427 g/mol. The fourth-order valence-corrected chi connectivity index (χ4v) is 4.63. The zero-order valence-corrected chi connectivity index (χ0v) is 21.5. The summed E-state index contributed by atoms with van der Waals surface area (Å²) >= 11 is 0. The predicted octanol–water partition coefficient (Wildman–Crippen LogP) is 8.68. The molecule has 0 aromatic heterocycles. The van der Waals surface area contributed by atoms with Crippen molar-refractivity contribution in [3.05, 3.63) is 45.6 Å². The van der Waals surface area contributed by atoms with E-state index in [1.54, 1.807) is 5.57 Å². The van der Waals surface area contributed by atoms with Crippen LogP contribution in [-0.2, 0) is 6.42 Å². The van der Waals surface area contributed by atoms with Crippen LogP contribution in [0.15, 0.2) is 23.3 Å². The van der Waals surface area contributed by atoms with Gasteiger partial charge in [0.05, 0.1) is 0 Å². The van der Waals surface area contributed by atoms with Gasteiger partial charge >= 0.3 is 0 Å². The van der Waals surface area contributed by atoms with Crippen molar-refractivity contribution in [3.63, 3.8) is 0 Å². The number of hydrogen-bond donors (Lipinski definition) is 1. The number of hydrogen-bond acceptors (Lipinski definition) is 2. The second kappa shape index (κ2) is 11.2. The van der Waals surface area contributed by atoms with Gasteiger partial charge in [-0.25, -0.2) is 0 Å². The molecular formula is C29H46O2. The Morgan fingerprint density at radius 3 is 2.32 bits per heavy atom. The van der Waals surface area contributed by atoms with E-state index in [0.29, 0.717) is 5.75 Å². The number of benzene rings is 1. The van der Waals surface area contributed by atoms with E-state index in [2.05, 4.69) is 53.7 Å². The first kappa shape index (κ1) is 25.6. The van der Waals surface area contributed by atoms with E-state index in [0.717, 1.165) is 66.9 Å². The lowest BCUT2D eigenvalue weighted by Gasteiger charge is -2.38. The van der Waals surface area contributed by atoms with Crippen LogP contribution in [0.4, 0.5) is 0 Å². The Morgan fingerprint density at radius 2 is 1.65 bits per heavy atom. The van der Waals surface area contributed by atoms with E-state index in [9.17, 15) is 5.11 Å². The van der Waals surface area contributed by atoms with Crippen molar-refractivity contribution in [2.75, 3.05) is 0 Å². The fraction of sp³-hybridized carbons (Fsp3) is 0.655. The molecule has 174 valence electrons. The van der Waals surface area contributed by atoms with Gasteiger partial charge in [0.25, 0.3) is 0 Å². The summed E-state index contributed by atoms with van der Waals surface area (Å²) in [5.41, 5.74) is 7.12. The van der Waals surface area contributed by atoms with Crippen molar-refractivity contribution in [2.45, 2.75) is 119 Å². The molecule has 0 saturated heterocycles. The third-order valence-electron chi connectivity index (χ3n) is 7.14. The summed E-state index contributed by atoms with van der Waals surface area (Å²) in [6.07, 6.45) is 15.1. The summed E-state index contributed by atoms with van der Waals surface area (Å²) in [5, 5.41) is 10.4. The highest BCUT2D eigenvalue weighted by atomic mass is 16.5. The molecule has 1 heterocycles. The van der Waals surface area contributed by atoms with Crippen molar-refractivity contribution in [3.8, 4) is 11.5 Å². The summed E-state index contributed by atoms with van der Waals surface area (Å²) in [7, 11) is 0. The van der Waals surface area contributed by atoms with Crippen molar-refractivity contribution in [1.29, 1.82) is 0 Å². The number of phenols is 1. The molecule has 31 heavy (non-hydrogen) atoms. The van der Waals surface area contributed by atoms with Gasteiger partial charge < -0.3 is 9.84 Å². The monoisotopic (exact) mass is 426 g/mol. The number of rotatable bonds is 10. The summed E-state index contributed by atoms with van der Waals surface area (Å²) in [4.78, 5) is 0. The summed E-state index contributed by atoms with van der Waals surface area (Å²) < 4.78 is 6.57. The van der Waals surface area contributed by atoms with Crippen LogP contribution in [0.2, 0.25) is 0 Å². The standard InChI is InChI=1S/C29H46O2/c1-20(2)12-9-13-21(3)14-10-15-22(4)16-11-18-29(8)19-17-26-25(7)27(30)23(5)24(6)28(26)31-29/h14,16,20,30H,9-13,15,17-19H2,1-8H3/b21-14+,22-16+. The molecular weight excluding hydrogens is 380 g/mol. The van der Waals surface area contributed by atoms with E-state index >= 15 is 0 Å². The van der Waals surface area contributed by atoms with Crippen LogP contribution < -0.4 is 4.74 Å². The molecule has 1 aliphatic heterocycles. The minimum absolute atomic E-state index is 0.128. The molecule has 0 bridgehead atoms. The van der Waals surface area contributed by atoms with Gasteiger partial charge in [0.1, 0.15) is 17.1 Å². The van der Waals surface area contributed by atoms with Crippen LogP contribution in [0.5, 0.6) is 11.5 Å². The lowest BCUT2D eigenvalue weighted by atomic mass is 9.85. The SMILES string of the molecule is C/C(=C\CCC1(C)CCc2c(C)c(O)c(C)c(C)c2O1)CC/C=C(\C)CCCC(C)C. The smallest absolute Gasteiger partial charge is 0.127 e. The van der Waals surface area contributed by atoms with Crippen LogP contribution in [-0.4, -0.2) is 10.7 Å². The Morgan fingerprint density at radius 1 is 1.00 bits per heavy atom. The molecule has 0 spiro atoms. The van der Waals surface area contributed by atoms with Crippen LogP contribution >= 0.6 is 0 Å². The zero-order chi connectivity index (χ0) is 23.2. The molecule has 0 radical (unpaired) electrons. The first-order valence-corrected chi connectivity index (χ1v) is 12.4. The predicted molar refractivity (Wildman–Crippen MR) is 134 cm³/mol. The highest BCUT2D eigenvalue weighted by Gasteiger charge is 2.33. The summed E-state index contributed by atoms with van der Waals surface area (Å²) in [5.74, 6) is 2.26. The summed E-state index contributed by atoms with van der Waals surface area (Å²) in [6, 6.07) is 0. The highest BCUT2D eigenvalue weighted by Crippen LogP contribution is 2.44. The van der Waals surface area contributed by atoms with Gasteiger partial charge in [-0.2, -0.15) is 0 Å². The normalized spacial score (nSPS) is 19.5. The number of phenolic OH excluding ortho intramolecular Hbond substituents is 1. The lowest BCUT2D eigenvalue weighted by Crippen LogP contribution is -2.37.